The van der Waals surface area contributed by atoms with Crippen molar-refractivity contribution < 1.29 is 4.79 Å². The summed E-state index contributed by atoms with van der Waals surface area (Å²) in [7, 11) is 0. The molecule has 1 aromatic rings. The van der Waals surface area contributed by atoms with Gasteiger partial charge in [-0.15, -0.1) is 0 Å². The molecule has 18 heavy (non-hydrogen) atoms. The third-order valence-corrected chi connectivity index (χ3v) is 2.98. The highest BCUT2D eigenvalue weighted by molar-refractivity contribution is 5.98. The van der Waals surface area contributed by atoms with E-state index >= 15 is 0 Å². The van der Waals surface area contributed by atoms with Crippen molar-refractivity contribution in [3.8, 4) is 0 Å². The first-order valence-corrected chi connectivity index (χ1v) is 6.34. The van der Waals surface area contributed by atoms with Gasteiger partial charge in [-0.3, -0.25) is 4.79 Å². The molecule has 0 spiro atoms. The second kappa shape index (κ2) is 5.35. The van der Waals surface area contributed by atoms with Gasteiger partial charge >= 0.3 is 0 Å². The molecule has 1 atom stereocenters. The number of hydrogen-bond donors (Lipinski definition) is 2. The highest BCUT2D eigenvalue weighted by Crippen LogP contribution is 2.18. The Morgan fingerprint density at radius 1 is 1.61 bits per heavy atom. The summed E-state index contributed by atoms with van der Waals surface area (Å²) in [6.07, 6.45) is 2.57. The smallest absolute Gasteiger partial charge is 0.257 e. The number of nitrogens with two attached hydrogens (primary N) is 1. The second-order valence-electron chi connectivity index (χ2n) is 5.00. The molecule has 0 aromatic carbocycles. The Bertz CT molecular complexity index is 433. The topological polar surface area (TPSA) is 71.2 Å². The number of carbonyl (C=O) groups is 1. The maximum absolute atomic E-state index is 12.4. The van der Waals surface area contributed by atoms with Crippen molar-refractivity contribution in [3.05, 3.63) is 23.9 Å². The molecule has 5 heteroatoms. The summed E-state index contributed by atoms with van der Waals surface area (Å²) in [5, 5.41) is 3.20. The zero-order valence-electron chi connectivity index (χ0n) is 10.9. The summed E-state index contributed by atoms with van der Waals surface area (Å²) in [5.41, 5.74) is 6.46. The monoisotopic (exact) mass is 248 g/mol. The number of nitrogens with zero attached hydrogens (tertiary/aromatic N) is 2. The molecule has 1 aliphatic rings. The first-order chi connectivity index (χ1) is 8.58. The molecule has 0 bridgehead atoms. The average Bonchev–Trinajstić information content (AvgIpc) is 2.75. The fourth-order valence-electron chi connectivity index (χ4n) is 2.11. The number of hydrogen-bond acceptors (Lipinski definition) is 4. The molecule has 0 saturated carbocycles. The van der Waals surface area contributed by atoms with Crippen LogP contribution in [0.1, 0.15) is 30.6 Å². The van der Waals surface area contributed by atoms with E-state index in [2.05, 4.69) is 10.3 Å². The third-order valence-electron chi connectivity index (χ3n) is 2.98. The molecule has 3 N–H and O–H groups in total. The maximum atomic E-state index is 12.4. The Hall–Kier alpha value is -1.62. The molecule has 2 heterocycles. The Morgan fingerprint density at radius 3 is 3.00 bits per heavy atom. The van der Waals surface area contributed by atoms with Crippen LogP contribution in [-0.4, -0.2) is 41.0 Å². The van der Waals surface area contributed by atoms with E-state index in [0.717, 1.165) is 13.0 Å². The van der Waals surface area contributed by atoms with Crippen LogP contribution in [0, 0.1) is 0 Å². The molecule has 1 amide bonds. The van der Waals surface area contributed by atoms with Crippen LogP contribution in [0.5, 0.6) is 0 Å². The van der Waals surface area contributed by atoms with Gasteiger partial charge in [-0.1, -0.05) is 0 Å². The summed E-state index contributed by atoms with van der Waals surface area (Å²) < 4.78 is 0. The van der Waals surface area contributed by atoms with Gasteiger partial charge in [-0.2, -0.15) is 0 Å². The number of aromatic nitrogens is 1. The van der Waals surface area contributed by atoms with Gasteiger partial charge in [-0.05, 0) is 32.4 Å². The second-order valence-corrected chi connectivity index (χ2v) is 5.00. The SMILES string of the molecule is CC(C)Nc1ncccc1C(=O)N1CCC(N)C1. The van der Waals surface area contributed by atoms with Crippen molar-refractivity contribution in [2.75, 3.05) is 18.4 Å². The fourth-order valence-corrected chi connectivity index (χ4v) is 2.11. The Labute approximate surface area is 107 Å². The van der Waals surface area contributed by atoms with Crippen molar-refractivity contribution in [3.63, 3.8) is 0 Å². The quantitative estimate of drug-likeness (QED) is 0.839. The van der Waals surface area contributed by atoms with Gasteiger partial charge in [-0.25, -0.2) is 4.98 Å². The van der Waals surface area contributed by atoms with Crippen LogP contribution < -0.4 is 11.1 Å². The number of nitrogens with one attached hydrogen (secondary N) is 1. The number of pyridine rings is 1. The minimum absolute atomic E-state index is 0.0131. The molecular weight excluding hydrogens is 228 g/mol. The third kappa shape index (κ3) is 2.79. The van der Waals surface area contributed by atoms with Gasteiger partial charge in [0.25, 0.3) is 5.91 Å². The van der Waals surface area contributed by atoms with Crippen molar-refractivity contribution >= 4 is 11.7 Å². The highest BCUT2D eigenvalue weighted by Gasteiger charge is 2.26. The van der Waals surface area contributed by atoms with Gasteiger partial charge in [0.15, 0.2) is 0 Å². The van der Waals surface area contributed by atoms with Gasteiger partial charge in [0.1, 0.15) is 5.82 Å². The zero-order valence-corrected chi connectivity index (χ0v) is 10.9. The van der Waals surface area contributed by atoms with Gasteiger partial charge < -0.3 is 16.0 Å². The molecule has 98 valence electrons. The van der Waals surface area contributed by atoms with Crippen LogP contribution in [0.4, 0.5) is 5.82 Å². The lowest BCUT2D eigenvalue weighted by Crippen LogP contribution is -2.32. The molecule has 1 fully saturated rings. The number of carbonyl (C=O) groups excluding carboxylic acids is 1. The van der Waals surface area contributed by atoms with Gasteiger partial charge in [0.05, 0.1) is 5.56 Å². The Balaban J connectivity index is 2.19. The molecule has 1 aromatic heterocycles. The van der Waals surface area contributed by atoms with Crippen molar-refractivity contribution in [1.82, 2.24) is 9.88 Å². The fraction of sp³-hybridized carbons (Fsp3) is 0.538. The lowest BCUT2D eigenvalue weighted by atomic mass is 10.2. The summed E-state index contributed by atoms with van der Waals surface area (Å²) in [5.74, 6) is 0.664. The van der Waals surface area contributed by atoms with Crippen LogP contribution in [0.25, 0.3) is 0 Å². The summed E-state index contributed by atoms with van der Waals surface area (Å²) in [6, 6.07) is 3.94. The molecule has 0 aliphatic carbocycles. The van der Waals surface area contributed by atoms with Crippen molar-refractivity contribution in [2.24, 2.45) is 5.73 Å². The van der Waals surface area contributed by atoms with Crippen molar-refractivity contribution in [1.29, 1.82) is 0 Å². The van der Waals surface area contributed by atoms with Crippen LogP contribution >= 0.6 is 0 Å². The summed E-state index contributed by atoms with van der Waals surface area (Å²) >= 11 is 0. The Kier molecular flexibility index (Phi) is 3.81. The van der Waals surface area contributed by atoms with E-state index in [-0.39, 0.29) is 18.0 Å². The van der Waals surface area contributed by atoms with Crippen molar-refractivity contribution in [2.45, 2.75) is 32.4 Å². The van der Waals surface area contributed by atoms with E-state index in [1.54, 1.807) is 17.2 Å². The van der Waals surface area contributed by atoms with Crippen LogP contribution in [0.3, 0.4) is 0 Å². The highest BCUT2D eigenvalue weighted by atomic mass is 16.2. The van der Waals surface area contributed by atoms with E-state index < -0.39 is 0 Å². The normalized spacial score (nSPS) is 19.3. The van der Waals surface area contributed by atoms with Gasteiger partial charge in [0, 0.05) is 31.4 Å². The largest absolute Gasteiger partial charge is 0.367 e. The molecule has 1 unspecified atom stereocenters. The summed E-state index contributed by atoms with van der Waals surface area (Å²) in [6.45, 7) is 5.41. The van der Waals surface area contributed by atoms with E-state index in [0.29, 0.717) is 17.9 Å². The van der Waals surface area contributed by atoms with Gasteiger partial charge in [0.2, 0.25) is 0 Å². The predicted octanol–water partition coefficient (Wildman–Crippen LogP) is 1.08. The molecular formula is C13H20N4O. The van der Waals surface area contributed by atoms with E-state index in [1.165, 1.54) is 0 Å². The van der Waals surface area contributed by atoms with Crippen LogP contribution in [0.15, 0.2) is 18.3 Å². The number of rotatable bonds is 3. The Morgan fingerprint density at radius 2 is 2.39 bits per heavy atom. The maximum Gasteiger partial charge on any atom is 0.257 e. The van der Waals surface area contributed by atoms with E-state index in [9.17, 15) is 4.79 Å². The molecule has 5 nitrogen and oxygen atoms in total. The molecule has 1 saturated heterocycles. The minimum atomic E-state index is 0.0131. The van der Waals surface area contributed by atoms with Crippen LogP contribution in [-0.2, 0) is 0 Å². The first-order valence-electron chi connectivity index (χ1n) is 6.34. The first kappa shape index (κ1) is 12.8. The van der Waals surface area contributed by atoms with E-state index in [4.69, 9.17) is 5.73 Å². The lowest BCUT2D eigenvalue weighted by Gasteiger charge is -2.19. The lowest BCUT2D eigenvalue weighted by molar-refractivity contribution is 0.0791. The zero-order chi connectivity index (χ0) is 13.1. The van der Waals surface area contributed by atoms with Crippen LogP contribution in [0.2, 0.25) is 0 Å². The van der Waals surface area contributed by atoms with E-state index in [1.807, 2.05) is 19.9 Å². The number of anilines is 1. The molecule has 0 radical (unpaired) electrons. The standard InChI is InChI=1S/C13H20N4O/c1-9(2)16-12-11(4-3-6-15-12)13(18)17-7-5-10(14)8-17/h3-4,6,9-10H,5,7-8,14H2,1-2H3,(H,15,16). The average molecular weight is 248 g/mol. The number of amides is 1. The molecule has 1 aliphatic heterocycles. The summed E-state index contributed by atoms with van der Waals surface area (Å²) in [4.78, 5) is 18.4. The predicted molar refractivity (Wildman–Crippen MR) is 71.5 cm³/mol. The molecule has 2 rings (SSSR count). The minimum Gasteiger partial charge on any atom is -0.367 e. The number of likely N-dealkylation sites (tertiary alicyclic amines) is 1.